The van der Waals surface area contributed by atoms with Crippen LogP contribution in [0, 0.1) is 9.39 Å². The quantitative estimate of drug-likeness (QED) is 0.0705. The number of thiocarbonyl (C=S) groups is 1. The lowest BCUT2D eigenvalue weighted by molar-refractivity contribution is -0.139. The van der Waals surface area contributed by atoms with E-state index in [0.29, 0.717) is 56.9 Å². The number of hydrogen-bond donors (Lipinski definition) is 3. The molecular weight excluding hydrogens is 714 g/mol. The van der Waals surface area contributed by atoms with Crippen LogP contribution in [0.5, 0.6) is 17.2 Å². The molecule has 3 aromatic rings. The van der Waals surface area contributed by atoms with Crippen molar-refractivity contribution in [1.29, 1.82) is 0 Å². The van der Waals surface area contributed by atoms with Crippen LogP contribution in [0.25, 0.3) is 0 Å². The molecule has 10 nitrogen and oxygen atoms in total. The van der Waals surface area contributed by atoms with Gasteiger partial charge in [-0.1, -0.05) is 30.3 Å². The number of carbonyl (C=O) groups is 2. The van der Waals surface area contributed by atoms with Crippen molar-refractivity contribution >= 4 is 58.0 Å². The van der Waals surface area contributed by atoms with E-state index < -0.39 is 17.9 Å². The van der Waals surface area contributed by atoms with Crippen LogP contribution in [-0.4, -0.2) is 43.0 Å². The molecule has 0 aliphatic carbocycles. The number of para-hydroxylation sites is 1. The maximum Gasteiger partial charge on any atom is 0.338 e. The van der Waals surface area contributed by atoms with Crippen LogP contribution in [0.4, 0.5) is 4.39 Å². The van der Waals surface area contributed by atoms with E-state index in [-0.39, 0.29) is 25.6 Å². The molecule has 0 radical (unpaired) electrons. The standard InChI is InChI=1S/C32H32FIN4O6S/c1-4-41-26-15-21(14-24(34)30(26)44-17-20-9-8-10-22(33)13-20)16-35-38-27(39)18-43-25-12-7-6-11-23(25)29-28(31(40)42-5-2)19(3)36-32(45)37-29/h6-16,29H,4-5,17-18H2,1-3H3,(H,38,39)(H2,36,37,45)/t29-/m1/s1. The Labute approximate surface area is 279 Å². The number of hydrogen-bond acceptors (Lipinski definition) is 8. The van der Waals surface area contributed by atoms with Gasteiger partial charge in [-0.15, -0.1) is 0 Å². The third-order valence-corrected chi connectivity index (χ3v) is 7.38. The topological polar surface area (TPSA) is 120 Å². The molecule has 0 bridgehead atoms. The first kappa shape index (κ1) is 33.6. The number of hydrazone groups is 1. The van der Waals surface area contributed by atoms with Crippen molar-refractivity contribution in [1.82, 2.24) is 16.1 Å². The number of ether oxygens (including phenoxy) is 4. The number of allylic oxidation sites excluding steroid dienone is 1. The highest BCUT2D eigenvalue weighted by Crippen LogP contribution is 2.35. The zero-order valence-corrected chi connectivity index (χ0v) is 27.8. The summed E-state index contributed by atoms with van der Waals surface area (Å²) in [7, 11) is 0. The summed E-state index contributed by atoms with van der Waals surface area (Å²) in [4.78, 5) is 25.4. The number of rotatable bonds is 13. The molecule has 1 atom stereocenters. The Kier molecular flexibility index (Phi) is 12.1. The Morgan fingerprint density at radius 1 is 1.04 bits per heavy atom. The fourth-order valence-corrected chi connectivity index (χ4v) is 5.51. The molecule has 0 spiro atoms. The third-order valence-electron chi connectivity index (χ3n) is 6.36. The minimum absolute atomic E-state index is 0.168. The first-order valence-corrected chi connectivity index (χ1v) is 15.5. The Morgan fingerprint density at radius 3 is 2.60 bits per heavy atom. The average molecular weight is 747 g/mol. The lowest BCUT2D eigenvalue weighted by Gasteiger charge is -2.30. The van der Waals surface area contributed by atoms with Crippen LogP contribution >= 0.6 is 34.8 Å². The van der Waals surface area contributed by atoms with E-state index in [1.54, 1.807) is 56.3 Å². The van der Waals surface area contributed by atoms with E-state index >= 15 is 0 Å². The fourth-order valence-electron chi connectivity index (χ4n) is 4.46. The maximum absolute atomic E-state index is 13.6. The number of amides is 1. The summed E-state index contributed by atoms with van der Waals surface area (Å²) in [5.41, 5.74) is 5.35. The molecule has 0 unspecified atom stereocenters. The van der Waals surface area contributed by atoms with Gasteiger partial charge in [0.1, 0.15) is 18.2 Å². The smallest absolute Gasteiger partial charge is 0.338 e. The average Bonchev–Trinajstić information content (AvgIpc) is 2.99. The van der Waals surface area contributed by atoms with Crippen molar-refractivity contribution in [3.63, 3.8) is 0 Å². The molecule has 4 rings (SSSR count). The number of esters is 1. The summed E-state index contributed by atoms with van der Waals surface area (Å²) in [6.07, 6.45) is 1.48. The molecule has 1 aliphatic heterocycles. The third kappa shape index (κ3) is 9.14. The van der Waals surface area contributed by atoms with Gasteiger partial charge < -0.3 is 29.6 Å². The van der Waals surface area contributed by atoms with E-state index in [2.05, 4.69) is 43.8 Å². The monoisotopic (exact) mass is 746 g/mol. The Bertz CT molecular complexity index is 1630. The number of carbonyl (C=O) groups excluding carboxylic acids is 2. The molecule has 0 fully saturated rings. The lowest BCUT2D eigenvalue weighted by atomic mass is 9.95. The van der Waals surface area contributed by atoms with Gasteiger partial charge in [-0.2, -0.15) is 5.10 Å². The largest absolute Gasteiger partial charge is 0.490 e. The molecule has 0 aromatic heterocycles. The van der Waals surface area contributed by atoms with Gasteiger partial charge in [-0.05, 0) is 97.0 Å². The van der Waals surface area contributed by atoms with E-state index in [1.807, 2.05) is 13.0 Å². The van der Waals surface area contributed by atoms with E-state index in [4.69, 9.17) is 31.2 Å². The van der Waals surface area contributed by atoms with Crippen LogP contribution < -0.4 is 30.3 Å². The van der Waals surface area contributed by atoms with Gasteiger partial charge >= 0.3 is 5.97 Å². The van der Waals surface area contributed by atoms with Crippen molar-refractivity contribution in [2.45, 2.75) is 33.4 Å². The molecule has 1 amide bonds. The Hall–Kier alpha value is -4.24. The van der Waals surface area contributed by atoms with Gasteiger partial charge in [0.25, 0.3) is 5.91 Å². The molecule has 236 valence electrons. The van der Waals surface area contributed by atoms with Gasteiger partial charge in [0, 0.05) is 11.3 Å². The molecular formula is C32H32FIN4O6S. The fraction of sp³-hybridized carbons (Fsp3) is 0.250. The van der Waals surface area contributed by atoms with Gasteiger partial charge in [0.15, 0.2) is 23.2 Å². The van der Waals surface area contributed by atoms with E-state index in [1.165, 1.54) is 18.3 Å². The minimum Gasteiger partial charge on any atom is -0.490 e. The van der Waals surface area contributed by atoms with Crippen molar-refractivity contribution in [2.75, 3.05) is 19.8 Å². The second-order valence-electron chi connectivity index (χ2n) is 9.59. The predicted octanol–water partition coefficient (Wildman–Crippen LogP) is 5.29. The van der Waals surface area contributed by atoms with Crippen LogP contribution in [0.15, 0.2) is 77.0 Å². The van der Waals surface area contributed by atoms with Crippen LogP contribution in [-0.2, 0) is 20.9 Å². The molecule has 45 heavy (non-hydrogen) atoms. The molecule has 3 aromatic carbocycles. The summed E-state index contributed by atoms with van der Waals surface area (Å²) in [6.45, 7) is 5.77. The molecule has 0 saturated carbocycles. The maximum atomic E-state index is 13.6. The van der Waals surface area contributed by atoms with E-state index in [9.17, 15) is 14.0 Å². The molecule has 0 saturated heterocycles. The first-order valence-electron chi connectivity index (χ1n) is 14.0. The van der Waals surface area contributed by atoms with Gasteiger partial charge in [-0.3, -0.25) is 4.79 Å². The van der Waals surface area contributed by atoms with Crippen molar-refractivity contribution in [3.8, 4) is 17.2 Å². The number of halogens is 2. The highest BCUT2D eigenvalue weighted by atomic mass is 127. The Balaban J connectivity index is 1.41. The zero-order valence-electron chi connectivity index (χ0n) is 24.8. The summed E-state index contributed by atoms with van der Waals surface area (Å²) < 4.78 is 37.1. The zero-order chi connectivity index (χ0) is 32.3. The highest BCUT2D eigenvalue weighted by molar-refractivity contribution is 14.1. The minimum atomic E-state index is -0.641. The predicted molar refractivity (Wildman–Crippen MR) is 180 cm³/mol. The highest BCUT2D eigenvalue weighted by Gasteiger charge is 2.32. The number of benzene rings is 3. The summed E-state index contributed by atoms with van der Waals surface area (Å²) in [5.74, 6) is 0.0804. The summed E-state index contributed by atoms with van der Waals surface area (Å²) in [6, 6.07) is 16.2. The molecule has 3 N–H and O–H groups in total. The van der Waals surface area contributed by atoms with Gasteiger partial charge in [0.05, 0.1) is 34.6 Å². The molecule has 13 heteroatoms. The molecule has 1 aliphatic rings. The van der Waals surface area contributed by atoms with Gasteiger partial charge in [0.2, 0.25) is 0 Å². The second kappa shape index (κ2) is 16.2. The van der Waals surface area contributed by atoms with Gasteiger partial charge in [-0.25, -0.2) is 14.6 Å². The normalized spacial score (nSPS) is 14.4. The van der Waals surface area contributed by atoms with Crippen molar-refractivity contribution in [2.24, 2.45) is 5.10 Å². The summed E-state index contributed by atoms with van der Waals surface area (Å²) in [5, 5.41) is 10.5. The van der Waals surface area contributed by atoms with Crippen LogP contribution in [0.2, 0.25) is 0 Å². The van der Waals surface area contributed by atoms with E-state index in [0.717, 1.165) is 3.57 Å². The lowest BCUT2D eigenvalue weighted by Crippen LogP contribution is -2.45. The summed E-state index contributed by atoms with van der Waals surface area (Å²) >= 11 is 7.44. The van der Waals surface area contributed by atoms with Crippen LogP contribution in [0.1, 0.15) is 43.5 Å². The number of nitrogens with zero attached hydrogens (tertiary/aromatic N) is 1. The Morgan fingerprint density at radius 2 is 1.84 bits per heavy atom. The molecule has 1 heterocycles. The van der Waals surface area contributed by atoms with Crippen molar-refractivity contribution < 1.29 is 32.9 Å². The second-order valence-corrected chi connectivity index (χ2v) is 11.2. The first-order chi connectivity index (χ1) is 21.7. The SMILES string of the molecule is CCOC(=O)C1=C(C)NC(=S)N[C@@H]1c1ccccc1OCC(=O)NN=Cc1cc(I)c(OCc2cccc(F)c2)c(OCC)c1. The van der Waals surface area contributed by atoms with Crippen LogP contribution in [0.3, 0.4) is 0 Å². The number of nitrogens with one attached hydrogen (secondary N) is 3. The van der Waals surface area contributed by atoms with Crippen molar-refractivity contribution in [3.05, 3.63) is 98.0 Å².